The molecule has 1 aromatic heterocycles. The molecular formula is C20H18Cl2N4O4. The molecule has 0 aliphatic carbocycles. The smallest absolute Gasteiger partial charge is 0.385 e. The molecule has 8 nitrogen and oxygen atoms in total. The first-order valence-electron chi connectivity index (χ1n) is 8.68. The van der Waals surface area contributed by atoms with Crippen molar-refractivity contribution in [3.8, 4) is 11.5 Å². The zero-order chi connectivity index (χ0) is 21.7. The van der Waals surface area contributed by atoms with Crippen molar-refractivity contribution in [3.63, 3.8) is 0 Å². The van der Waals surface area contributed by atoms with E-state index in [1.807, 2.05) is 13.0 Å². The highest BCUT2D eigenvalue weighted by atomic mass is 35.5. The summed E-state index contributed by atoms with van der Waals surface area (Å²) in [7, 11) is 1.48. The molecule has 0 unspecified atom stereocenters. The van der Waals surface area contributed by atoms with Crippen LogP contribution >= 0.6 is 23.2 Å². The molecule has 2 aromatic carbocycles. The molecule has 0 aliphatic heterocycles. The highest BCUT2D eigenvalue weighted by Crippen LogP contribution is 2.23. The number of aromatic nitrogens is 2. The number of carbonyl (C=O) groups excluding carboxylic acids is 1. The van der Waals surface area contributed by atoms with Crippen LogP contribution in [0.1, 0.15) is 21.6 Å². The molecule has 0 saturated carbocycles. The van der Waals surface area contributed by atoms with E-state index in [4.69, 9.17) is 43.2 Å². The Bertz CT molecular complexity index is 1100. The number of amidine groups is 1. The van der Waals surface area contributed by atoms with Crippen molar-refractivity contribution in [2.75, 3.05) is 7.11 Å². The third kappa shape index (κ3) is 5.22. The highest BCUT2D eigenvalue weighted by Gasteiger charge is 2.14. The highest BCUT2D eigenvalue weighted by molar-refractivity contribution is 6.31. The van der Waals surface area contributed by atoms with E-state index < -0.39 is 5.97 Å². The minimum atomic E-state index is -0.778. The fourth-order valence-electron chi connectivity index (χ4n) is 2.46. The van der Waals surface area contributed by atoms with Gasteiger partial charge in [0.2, 0.25) is 0 Å². The van der Waals surface area contributed by atoms with Gasteiger partial charge in [0.15, 0.2) is 18.3 Å². The summed E-state index contributed by atoms with van der Waals surface area (Å²) < 4.78 is 12.3. The first-order chi connectivity index (χ1) is 14.4. The van der Waals surface area contributed by atoms with Crippen molar-refractivity contribution < 1.29 is 19.1 Å². The zero-order valence-electron chi connectivity index (χ0n) is 16.1. The Morgan fingerprint density at radius 1 is 1.20 bits per heavy atom. The average molecular weight is 449 g/mol. The fourth-order valence-corrected chi connectivity index (χ4v) is 2.75. The van der Waals surface area contributed by atoms with Crippen LogP contribution in [0.15, 0.2) is 53.8 Å². The van der Waals surface area contributed by atoms with E-state index >= 15 is 0 Å². The van der Waals surface area contributed by atoms with Crippen LogP contribution < -0.4 is 15.2 Å². The van der Waals surface area contributed by atoms with Crippen molar-refractivity contribution in [1.82, 2.24) is 9.78 Å². The van der Waals surface area contributed by atoms with Gasteiger partial charge in [-0.25, -0.2) is 9.48 Å². The number of aryl methyl sites for hydroxylation is 1. The Balaban J connectivity index is 1.62. The molecule has 0 fully saturated rings. The number of oxime groups is 1. The lowest BCUT2D eigenvalue weighted by molar-refractivity contribution is 0.0507. The van der Waals surface area contributed by atoms with Crippen LogP contribution in [-0.2, 0) is 11.6 Å². The number of halogens is 2. The summed E-state index contributed by atoms with van der Waals surface area (Å²) in [5.74, 6) is 0.225. The number of ether oxygens (including phenoxy) is 2. The largest absolute Gasteiger partial charge is 0.496 e. The lowest BCUT2D eigenvalue weighted by atomic mass is 10.2. The van der Waals surface area contributed by atoms with Crippen LogP contribution in [0.4, 0.5) is 0 Å². The second kappa shape index (κ2) is 9.51. The van der Waals surface area contributed by atoms with Crippen molar-refractivity contribution in [2.24, 2.45) is 10.9 Å². The summed E-state index contributed by atoms with van der Waals surface area (Å²) in [5, 5.41) is 8.84. The van der Waals surface area contributed by atoms with Crippen LogP contribution in [0.3, 0.4) is 0 Å². The minimum Gasteiger partial charge on any atom is -0.496 e. The van der Waals surface area contributed by atoms with Gasteiger partial charge in [-0.2, -0.15) is 5.10 Å². The zero-order valence-corrected chi connectivity index (χ0v) is 17.6. The van der Waals surface area contributed by atoms with Gasteiger partial charge in [0, 0.05) is 16.2 Å². The molecule has 3 aromatic rings. The van der Waals surface area contributed by atoms with Gasteiger partial charge in [0.05, 0.1) is 12.7 Å². The Kier molecular flexibility index (Phi) is 6.81. The first kappa shape index (κ1) is 21.5. The van der Waals surface area contributed by atoms with Crippen LogP contribution in [0.25, 0.3) is 0 Å². The first-order valence-corrected chi connectivity index (χ1v) is 9.44. The Labute approximate surface area is 182 Å². The van der Waals surface area contributed by atoms with Crippen LogP contribution in [0.5, 0.6) is 11.5 Å². The quantitative estimate of drug-likeness (QED) is 0.253. The monoisotopic (exact) mass is 448 g/mol. The van der Waals surface area contributed by atoms with Gasteiger partial charge >= 0.3 is 5.97 Å². The Morgan fingerprint density at radius 3 is 2.73 bits per heavy atom. The van der Waals surface area contributed by atoms with E-state index in [1.54, 1.807) is 36.5 Å². The van der Waals surface area contributed by atoms with Crippen molar-refractivity contribution in [3.05, 3.63) is 75.5 Å². The van der Waals surface area contributed by atoms with E-state index in [2.05, 4.69) is 10.3 Å². The number of nitrogens with two attached hydrogens (primary N) is 1. The maximum Gasteiger partial charge on any atom is 0.385 e. The van der Waals surface area contributed by atoms with Crippen LogP contribution in [0.2, 0.25) is 10.0 Å². The van der Waals surface area contributed by atoms with Gasteiger partial charge in [-0.15, -0.1) is 0 Å². The van der Waals surface area contributed by atoms with Gasteiger partial charge in [-0.3, -0.25) is 0 Å². The van der Waals surface area contributed by atoms with E-state index in [1.165, 1.54) is 17.9 Å². The van der Waals surface area contributed by atoms with E-state index in [9.17, 15) is 4.79 Å². The molecule has 30 heavy (non-hydrogen) atoms. The standard InChI is InChI=1S/C20H18Cl2N4O4/c1-12-9-14(4-5-16(12)22)29-11-26-8-7-17(24-26)20(27)30-25-19(23)15-10-13(21)3-6-18(15)28-2/h3-10H,11H2,1-2H3,(H2,23,25). The van der Waals surface area contributed by atoms with Crippen molar-refractivity contribution >= 4 is 35.0 Å². The van der Waals surface area contributed by atoms with Gasteiger partial charge < -0.3 is 20.0 Å². The van der Waals surface area contributed by atoms with Crippen LogP contribution in [-0.4, -0.2) is 28.7 Å². The van der Waals surface area contributed by atoms with E-state index in [0.29, 0.717) is 27.1 Å². The number of rotatable bonds is 7. The summed E-state index contributed by atoms with van der Waals surface area (Å²) in [4.78, 5) is 17.1. The second-order valence-corrected chi connectivity index (χ2v) is 6.97. The molecular weight excluding hydrogens is 431 g/mol. The number of benzene rings is 2. The van der Waals surface area contributed by atoms with Gasteiger partial charge in [0.25, 0.3) is 0 Å². The number of hydrogen-bond donors (Lipinski definition) is 1. The molecule has 0 saturated heterocycles. The molecule has 0 atom stereocenters. The molecule has 0 amide bonds. The lowest BCUT2D eigenvalue weighted by Crippen LogP contribution is -2.16. The summed E-state index contributed by atoms with van der Waals surface area (Å²) in [6, 6.07) is 11.6. The second-order valence-electron chi connectivity index (χ2n) is 6.12. The molecule has 10 heteroatoms. The predicted octanol–water partition coefficient (Wildman–Crippen LogP) is 4.02. The number of methoxy groups -OCH3 is 1. The topological polar surface area (TPSA) is 101 Å². The number of carbonyl (C=O) groups is 1. The SMILES string of the molecule is COc1ccc(Cl)cc1/C(N)=N/OC(=O)c1ccn(COc2ccc(Cl)c(C)c2)n1. The maximum absolute atomic E-state index is 12.2. The normalized spacial score (nSPS) is 11.3. The Hall–Kier alpha value is -3.23. The molecule has 0 spiro atoms. The molecule has 0 bridgehead atoms. The molecule has 0 radical (unpaired) electrons. The summed E-state index contributed by atoms with van der Waals surface area (Å²) in [5.41, 5.74) is 7.22. The van der Waals surface area contributed by atoms with Gasteiger partial charge in [0.1, 0.15) is 11.5 Å². The van der Waals surface area contributed by atoms with Crippen molar-refractivity contribution in [1.29, 1.82) is 0 Å². The van der Waals surface area contributed by atoms with Gasteiger partial charge in [-0.05, 0) is 55.0 Å². The average Bonchev–Trinajstić information content (AvgIpc) is 3.21. The van der Waals surface area contributed by atoms with E-state index in [0.717, 1.165) is 5.56 Å². The van der Waals surface area contributed by atoms with E-state index in [-0.39, 0.29) is 18.3 Å². The summed E-state index contributed by atoms with van der Waals surface area (Å²) in [6.07, 6.45) is 1.58. The molecule has 0 aliphatic rings. The van der Waals surface area contributed by atoms with Crippen LogP contribution in [0, 0.1) is 6.92 Å². The predicted molar refractivity (Wildman–Crippen MR) is 113 cm³/mol. The Morgan fingerprint density at radius 2 is 2.00 bits per heavy atom. The summed E-state index contributed by atoms with van der Waals surface area (Å²) >= 11 is 12.0. The molecule has 2 N–H and O–H groups in total. The summed E-state index contributed by atoms with van der Waals surface area (Å²) in [6.45, 7) is 1.97. The third-order valence-corrected chi connectivity index (χ3v) is 4.67. The van der Waals surface area contributed by atoms with Crippen molar-refractivity contribution in [2.45, 2.75) is 13.7 Å². The maximum atomic E-state index is 12.2. The fraction of sp³-hybridized carbons (Fsp3) is 0.150. The molecule has 1 heterocycles. The molecule has 156 valence electrons. The van der Waals surface area contributed by atoms with Gasteiger partial charge in [-0.1, -0.05) is 28.4 Å². The minimum absolute atomic E-state index is 0.0421. The lowest BCUT2D eigenvalue weighted by Gasteiger charge is -2.08. The third-order valence-electron chi connectivity index (χ3n) is 4.01. The molecule has 3 rings (SSSR count). The number of hydrogen-bond acceptors (Lipinski definition) is 6. The number of nitrogens with zero attached hydrogens (tertiary/aromatic N) is 3.